The summed E-state index contributed by atoms with van der Waals surface area (Å²) in [5.41, 5.74) is -0.0421. The largest absolute Gasteiger partial charge is 0.460 e. The van der Waals surface area contributed by atoms with Crippen LogP contribution in [-0.4, -0.2) is 30.0 Å². The predicted octanol–water partition coefficient (Wildman–Crippen LogP) is 4.37. The van der Waals surface area contributed by atoms with E-state index in [1.165, 1.54) is 12.1 Å². The number of esters is 1. The lowest BCUT2D eigenvalue weighted by molar-refractivity contribution is -0.137. The number of rotatable bonds is 7. The van der Waals surface area contributed by atoms with Gasteiger partial charge in [0, 0.05) is 17.8 Å². The summed E-state index contributed by atoms with van der Waals surface area (Å²) >= 11 is 5.78. The Morgan fingerprint density at radius 1 is 1.21 bits per heavy atom. The minimum Gasteiger partial charge on any atom is -0.460 e. The van der Waals surface area contributed by atoms with E-state index < -0.39 is 17.7 Å². The quantitative estimate of drug-likeness (QED) is 0.506. The van der Waals surface area contributed by atoms with Crippen LogP contribution in [0.1, 0.15) is 28.8 Å². The molecular formula is C19H17ClF3N3O3. The van der Waals surface area contributed by atoms with Crippen molar-refractivity contribution in [1.82, 2.24) is 4.98 Å². The van der Waals surface area contributed by atoms with E-state index in [2.05, 4.69) is 15.6 Å². The highest BCUT2D eigenvalue weighted by atomic mass is 35.5. The Hall–Kier alpha value is -2.81. The number of aromatic nitrogens is 1. The van der Waals surface area contributed by atoms with Crippen molar-refractivity contribution in [2.45, 2.75) is 19.0 Å². The van der Waals surface area contributed by atoms with Crippen LogP contribution in [0.5, 0.6) is 0 Å². The number of ether oxygens (including phenoxy) is 1. The van der Waals surface area contributed by atoms with Gasteiger partial charge in [0.15, 0.2) is 0 Å². The molecule has 0 unspecified atom stereocenters. The van der Waals surface area contributed by atoms with Crippen LogP contribution >= 0.6 is 11.6 Å². The van der Waals surface area contributed by atoms with E-state index in [-0.39, 0.29) is 35.8 Å². The van der Waals surface area contributed by atoms with Crippen molar-refractivity contribution in [2.24, 2.45) is 5.92 Å². The molecule has 2 N–H and O–H groups in total. The van der Waals surface area contributed by atoms with E-state index in [9.17, 15) is 22.8 Å². The van der Waals surface area contributed by atoms with Crippen LogP contribution in [-0.2, 0) is 15.7 Å². The first kappa shape index (κ1) is 20.9. The Morgan fingerprint density at radius 3 is 2.48 bits per heavy atom. The zero-order chi connectivity index (χ0) is 21.0. The van der Waals surface area contributed by atoms with Crippen LogP contribution in [0.25, 0.3) is 0 Å². The van der Waals surface area contributed by atoms with E-state index in [1.54, 1.807) is 12.1 Å². The van der Waals surface area contributed by atoms with E-state index in [0.29, 0.717) is 17.4 Å². The molecule has 154 valence electrons. The Labute approximate surface area is 169 Å². The predicted molar refractivity (Wildman–Crippen MR) is 101 cm³/mol. The molecule has 1 aliphatic carbocycles. The van der Waals surface area contributed by atoms with Gasteiger partial charge in [-0.15, -0.1) is 0 Å². The Bertz CT molecular complexity index is 900. The van der Waals surface area contributed by atoms with Gasteiger partial charge in [0.2, 0.25) is 5.91 Å². The van der Waals surface area contributed by atoms with Crippen LogP contribution in [0.15, 0.2) is 36.5 Å². The minimum atomic E-state index is -4.53. The van der Waals surface area contributed by atoms with Crippen molar-refractivity contribution < 1.29 is 27.5 Å². The first-order valence-corrected chi connectivity index (χ1v) is 9.16. The van der Waals surface area contributed by atoms with Gasteiger partial charge >= 0.3 is 12.1 Å². The maximum Gasteiger partial charge on any atom is 0.417 e. The highest BCUT2D eigenvalue weighted by Gasteiger charge is 2.31. The smallest absolute Gasteiger partial charge is 0.417 e. The van der Waals surface area contributed by atoms with Crippen molar-refractivity contribution >= 4 is 35.0 Å². The maximum atomic E-state index is 12.6. The summed E-state index contributed by atoms with van der Waals surface area (Å²) in [6, 6.07) is 7.06. The normalized spacial score (nSPS) is 13.7. The topological polar surface area (TPSA) is 80.3 Å². The SMILES string of the molecule is O=C(OCCNc1ncc(C(F)(F)F)cc1Cl)c1ccc(NC(=O)C2CC2)cc1. The van der Waals surface area contributed by atoms with Gasteiger partial charge in [0.25, 0.3) is 0 Å². The zero-order valence-electron chi connectivity index (χ0n) is 15.1. The summed E-state index contributed by atoms with van der Waals surface area (Å²) < 4.78 is 42.8. The van der Waals surface area contributed by atoms with Crippen molar-refractivity contribution in [3.05, 3.63) is 52.7 Å². The lowest BCUT2D eigenvalue weighted by Crippen LogP contribution is -2.16. The molecule has 1 amide bonds. The van der Waals surface area contributed by atoms with Crippen molar-refractivity contribution in [3.63, 3.8) is 0 Å². The molecule has 0 aliphatic heterocycles. The molecule has 6 nitrogen and oxygen atoms in total. The lowest BCUT2D eigenvalue weighted by Gasteiger charge is -2.11. The standard InChI is InChI=1S/C19H17ClF3N3O3/c20-15-9-13(19(21,22)23)10-25-16(15)24-7-8-29-18(28)12-3-5-14(6-4-12)26-17(27)11-1-2-11/h3-6,9-11H,1-2,7-8H2,(H,24,25)(H,26,27). The number of alkyl halides is 3. The summed E-state index contributed by atoms with van der Waals surface area (Å²) in [5, 5.41) is 5.29. The number of carbonyl (C=O) groups is 2. The van der Waals surface area contributed by atoms with E-state index in [1.807, 2.05) is 0 Å². The lowest BCUT2D eigenvalue weighted by atomic mass is 10.2. The van der Waals surface area contributed by atoms with E-state index in [0.717, 1.165) is 18.9 Å². The molecule has 1 fully saturated rings. The Balaban J connectivity index is 1.44. The molecule has 3 rings (SSSR count). The highest BCUT2D eigenvalue weighted by Crippen LogP contribution is 2.32. The first-order valence-electron chi connectivity index (χ1n) is 8.78. The summed E-state index contributed by atoms with van der Waals surface area (Å²) in [7, 11) is 0. The number of hydrogen-bond donors (Lipinski definition) is 2. The fourth-order valence-electron chi connectivity index (χ4n) is 2.40. The van der Waals surface area contributed by atoms with Gasteiger partial charge in [0.05, 0.1) is 22.7 Å². The molecule has 0 radical (unpaired) electrons. The number of carbonyl (C=O) groups excluding carboxylic acids is 2. The van der Waals surface area contributed by atoms with Crippen LogP contribution in [0.4, 0.5) is 24.7 Å². The average Bonchev–Trinajstić information content (AvgIpc) is 3.51. The Morgan fingerprint density at radius 2 is 1.90 bits per heavy atom. The monoisotopic (exact) mass is 427 g/mol. The molecule has 29 heavy (non-hydrogen) atoms. The van der Waals surface area contributed by atoms with Gasteiger partial charge in [-0.3, -0.25) is 4.79 Å². The van der Waals surface area contributed by atoms with Crippen LogP contribution in [0.3, 0.4) is 0 Å². The number of nitrogens with one attached hydrogen (secondary N) is 2. The third-order valence-electron chi connectivity index (χ3n) is 4.13. The molecule has 0 bridgehead atoms. The molecule has 1 aromatic heterocycles. The minimum absolute atomic E-state index is 0.0260. The van der Waals surface area contributed by atoms with Gasteiger partial charge in [-0.25, -0.2) is 9.78 Å². The van der Waals surface area contributed by atoms with E-state index >= 15 is 0 Å². The van der Waals surface area contributed by atoms with Crippen LogP contribution in [0, 0.1) is 5.92 Å². The third kappa shape index (κ3) is 5.83. The number of pyridine rings is 1. The molecule has 0 atom stereocenters. The van der Waals surface area contributed by atoms with Crippen molar-refractivity contribution in [2.75, 3.05) is 23.8 Å². The van der Waals surface area contributed by atoms with Crippen molar-refractivity contribution in [1.29, 1.82) is 0 Å². The van der Waals surface area contributed by atoms with E-state index in [4.69, 9.17) is 16.3 Å². The number of amides is 1. The molecular weight excluding hydrogens is 411 g/mol. The van der Waals surface area contributed by atoms with Gasteiger partial charge in [-0.1, -0.05) is 11.6 Å². The second-order valence-corrected chi connectivity index (χ2v) is 6.86. The summed E-state index contributed by atoms with van der Waals surface area (Å²) in [6.07, 6.45) is -2.06. The molecule has 0 saturated heterocycles. The fraction of sp³-hybridized carbons (Fsp3) is 0.316. The third-order valence-corrected chi connectivity index (χ3v) is 4.42. The summed E-state index contributed by atoms with van der Waals surface area (Å²) in [5.74, 6) is -0.452. The first-order chi connectivity index (χ1) is 13.7. The molecule has 10 heteroatoms. The average molecular weight is 428 g/mol. The second kappa shape index (κ2) is 8.69. The Kier molecular flexibility index (Phi) is 6.26. The van der Waals surface area contributed by atoms with Gasteiger partial charge in [0.1, 0.15) is 12.4 Å². The molecule has 1 heterocycles. The second-order valence-electron chi connectivity index (χ2n) is 6.46. The maximum absolute atomic E-state index is 12.6. The molecule has 1 aliphatic rings. The molecule has 2 aromatic rings. The van der Waals surface area contributed by atoms with Crippen LogP contribution < -0.4 is 10.6 Å². The van der Waals surface area contributed by atoms with Gasteiger partial charge in [-0.2, -0.15) is 13.2 Å². The fourth-order valence-corrected chi connectivity index (χ4v) is 2.63. The van der Waals surface area contributed by atoms with Crippen LogP contribution in [0.2, 0.25) is 5.02 Å². The molecule has 1 aromatic carbocycles. The number of hydrogen-bond acceptors (Lipinski definition) is 5. The number of nitrogens with zero attached hydrogens (tertiary/aromatic N) is 1. The number of halogens is 4. The summed E-state index contributed by atoms with van der Waals surface area (Å²) in [6.45, 7) is 0.0669. The number of anilines is 2. The van der Waals surface area contributed by atoms with Gasteiger partial charge < -0.3 is 15.4 Å². The van der Waals surface area contributed by atoms with Crippen molar-refractivity contribution in [3.8, 4) is 0 Å². The zero-order valence-corrected chi connectivity index (χ0v) is 15.8. The summed E-state index contributed by atoms with van der Waals surface area (Å²) in [4.78, 5) is 27.4. The highest BCUT2D eigenvalue weighted by molar-refractivity contribution is 6.32. The molecule has 0 spiro atoms. The molecule has 1 saturated carbocycles. The van der Waals surface area contributed by atoms with Gasteiger partial charge in [-0.05, 0) is 43.2 Å². The number of benzene rings is 1.